The molecule has 0 saturated heterocycles. The van der Waals surface area contributed by atoms with E-state index in [4.69, 9.17) is 9.47 Å². The minimum atomic E-state index is -0.716. The van der Waals surface area contributed by atoms with Crippen LogP contribution < -0.4 is 14.8 Å². The van der Waals surface area contributed by atoms with Gasteiger partial charge in [-0.25, -0.2) is 4.98 Å². The predicted molar refractivity (Wildman–Crippen MR) is 108 cm³/mol. The van der Waals surface area contributed by atoms with Crippen molar-refractivity contribution in [2.75, 3.05) is 11.1 Å². The number of rotatable bonds is 3. The van der Waals surface area contributed by atoms with Crippen LogP contribution in [0.2, 0.25) is 0 Å². The lowest BCUT2D eigenvalue weighted by Crippen LogP contribution is -2.46. The maximum atomic E-state index is 12.8. The Bertz CT molecular complexity index is 1030. The van der Waals surface area contributed by atoms with Gasteiger partial charge in [-0.2, -0.15) is 0 Å². The highest BCUT2D eigenvalue weighted by Gasteiger charge is 2.34. The van der Waals surface area contributed by atoms with Crippen molar-refractivity contribution >= 4 is 23.4 Å². The van der Waals surface area contributed by atoms with E-state index in [0.29, 0.717) is 17.2 Å². The fourth-order valence-corrected chi connectivity index (χ4v) is 4.37. The summed E-state index contributed by atoms with van der Waals surface area (Å²) in [7, 11) is 0. The van der Waals surface area contributed by atoms with Gasteiger partial charge in [-0.15, -0.1) is 0 Å². The van der Waals surface area contributed by atoms with Crippen molar-refractivity contribution in [2.45, 2.75) is 30.8 Å². The van der Waals surface area contributed by atoms with Crippen LogP contribution in [0.15, 0.2) is 59.9 Å². The van der Waals surface area contributed by atoms with Crippen LogP contribution in [0.1, 0.15) is 6.92 Å². The van der Waals surface area contributed by atoms with Crippen LogP contribution >= 0.6 is 11.8 Å². The number of fused-ring (bicyclic) bond motifs is 2. The number of ether oxygens (including phenoxy) is 2. The van der Waals surface area contributed by atoms with Gasteiger partial charge in [-0.05, 0) is 31.2 Å². The highest BCUT2D eigenvalue weighted by molar-refractivity contribution is 7.99. The number of aryl methyl sites for hydroxylation is 1. The number of benzene rings is 2. The largest absolute Gasteiger partial charge is 0.482 e. The zero-order valence-corrected chi connectivity index (χ0v) is 16.1. The number of nitrogens with one attached hydrogen (secondary N) is 1. The zero-order chi connectivity index (χ0) is 19.1. The third-order valence-corrected chi connectivity index (χ3v) is 5.80. The molecule has 2 atom stereocenters. The van der Waals surface area contributed by atoms with Crippen LogP contribution in [-0.4, -0.2) is 33.4 Å². The summed E-state index contributed by atoms with van der Waals surface area (Å²) < 4.78 is 13.9. The molecule has 2 aliphatic rings. The first kappa shape index (κ1) is 17.2. The van der Waals surface area contributed by atoms with Gasteiger partial charge >= 0.3 is 0 Å². The van der Waals surface area contributed by atoms with Crippen molar-refractivity contribution in [1.82, 2.24) is 9.55 Å². The van der Waals surface area contributed by atoms with Crippen molar-refractivity contribution in [2.24, 2.45) is 0 Å². The van der Waals surface area contributed by atoms with Gasteiger partial charge in [-0.3, -0.25) is 4.79 Å². The molecule has 0 unspecified atom stereocenters. The molecule has 1 amide bonds. The van der Waals surface area contributed by atoms with Gasteiger partial charge in [0, 0.05) is 29.7 Å². The summed E-state index contributed by atoms with van der Waals surface area (Å²) in [6, 6.07) is 15.1. The fourth-order valence-electron chi connectivity index (χ4n) is 3.42. The Hall–Kier alpha value is -2.93. The molecule has 2 aromatic carbocycles. The lowest BCUT2D eigenvalue weighted by Gasteiger charge is -2.31. The highest BCUT2D eigenvalue weighted by atomic mass is 32.2. The SMILES string of the molecule is C[C@@H]1Oc2ccccc2O[C@H]1C(=O)Nc1cccc(-c2cn3c(n2)SCC3)c1. The van der Waals surface area contributed by atoms with E-state index >= 15 is 0 Å². The first-order chi connectivity index (χ1) is 13.7. The molecule has 1 aromatic heterocycles. The summed E-state index contributed by atoms with van der Waals surface area (Å²) in [5.41, 5.74) is 2.59. The molecule has 0 spiro atoms. The molecule has 2 aliphatic heterocycles. The molecule has 0 aliphatic carbocycles. The second-order valence-corrected chi connectivity index (χ2v) is 7.89. The second kappa shape index (κ2) is 6.91. The van der Waals surface area contributed by atoms with E-state index in [-0.39, 0.29) is 12.0 Å². The van der Waals surface area contributed by atoms with Gasteiger partial charge in [0.1, 0.15) is 6.10 Å². The van der Waals surface area contributed by atoms with Crippen molar-refractivity contribution in [1.29, 1.82) is 0 Å². The molecule has 0 bridgehead atoms. The maximum Gasteiger partial charge on any atom is 0.269 e. The summed E-state index contributed by atoms with van der Waals surface area (Å²) in [5.74, 6) is 2.08. The molecule has 5 rings (SSSR count). The lowest BCUT2D eigenvalue weighted by molar-refractivity contribution is -0.128. The summed E-state index contributed by atoms with van der Waals surface area (Å²) in [4.78, 5) is 17.5. The first-order valence-corrected chi connectivity index (χ1v) is 10.2. The van der Waals surface area contributed by atoms with E-state index in [1.54, 1.807) is 17.8 Å². The van der Waals surface area contributed by atoms with E-state index in [9.17, 15) is 4.79 Å². The van der Waals surface area contributed by atoms with E-state index in [1.807, 2.05) is 49.4 Å². The molecular weight excluding hydrogens is 374 g/mol. The number of hydrogen-bond donors (Lipinski definition) is 1. The summed E-state index contributed by atoms with van der Waals surface area (Å²) in [6.07, 6.45) is 0.963. The van der Waals surface area contributed by atoms with Gasteiger partial charge in [0.15, 0.2) is 16.7 Å². The normalized spacial score (nSPS) is 19.9. The van der Waals surface area contributed by atoms with E-state index in [2.05, 4.69) is 21.1 Å². The van der Waals surface area contributed by atoms with Gasteiger partial charge in [-0.1, -0.05) is 36.0 Å². The van der Waals surface area contributed by atoms with Crippen molar-refractivity contribution in [3.05, 3.63) is 54.7 Å². The Balaban J connectivity index is 1.34. The number of nitrogens with zero attached hydrogens (tertiary/aromatic N) is 2. The van der Waals surface area contributed by atoms with Crippen LogP contribution in [-0.2, 0) is 11.3 Å². The molecule has 7 heteroatoms. The summed E-state index contributed by atoms with van der Waals surface area (Å²) in [6.45, 7) is 2.82. The number of aromatic nitrogens is 2. The Morgan fingerprint density at radius 3 is 2.82 bits per heavy atom. The second-order valence-electron chi connectivity index (χ2n) is 6.83. The molecule has 28 heavy (non-hydrogen) atoms. The van der Waals surface area contributed by atoms with E-state index in [1.165, 1.54) is 0 Å². The van der Waals surface area contributed by atoms with Gasteiger partial charge in [0.2, 0.25) is 6.10 Å². The Morgan fingerprint density at radius 2 is 2.00 bits per heavy atom. The molecule has 0 fully saturated rings. The first-order valence-electron chi connectivity index (χ1n) is 9.21. The van der Waals surface area contributed by atoms with Gasteiger partial charge in [0.25, 0.3) is 5.91 Å². The summed E-state index contributed by atoms with van der Waals surface area (Å²) in [5, 5.41) is 3.99. The quantitative estimate of drug-likeness (QED) is 0.733. The lowest BCUT2D eigenvalue weighted by atomic mass is 10.1. The molecule has 6 nitrogen and oxygen atoms in total. The number of para-hydroxylation sites is 2. The van der Waals surface area contributed by atoms with Crippen LogP contribution in [0.3, 0.4) is 0 Å². The number of imidazole rings is 1. The number of carbonyl (C=O) groups is 1. The molecule has 3 heterocycles. The molecule has 142 valence electrons. The minimum absolute atomic E-state index is 0.234. The third-order valence-electron chi connectivity index (χ3n) is 4.83. The van der Waals surface area contributed by atoms with Crippen LogP contribution in [0.5, 0.6) is 11.5 Å². The Labute approximate surface area is 166 Å². The van der Waals surface area contributed by atoms with Crippen molar-refractivity contribution in [3.8, 4) is 22.8 Å². The topological polar surface area (TPSA) is 65.4 Å². The number of anilines is 1. The maximum absolute atomic E-state index is 12.8. The third kappa shape index (κ3) is 3.11. The predicted octanol–water partition coefficient (Wildman–Crippen LogP) is 3.82. The van der Waals surface area contributed by atoms with Gasteiger partial charge in [0.05, 0.1) is 5.69 Å². The van der Waals surface area contributed by atoms with Crippen molar-refractivity contribution < 1.29 is 14.3 Å². The molecule has 0 radical (unpaired) electrons. The Morgan fingerprint density at radius 1 is 1.18 bits per heavy atom. The number of carbonyl (C=O) groups excluding carboxylic acids is 1. The average molecular weight is 393 g/mol. The van der Waals surface area contributed by atoms with Crippen LogP contribution in [0, 0.1) is 0 Å². The number of thioether (sulfide) groups is 1. The summed E-state index contributed by atoms with van der Waals surface area (Å²) >= 11 is 1.76. The van der Waals surface area contributed by atoms with Crippen LogP contribution in [0.4, 0.5) is 5.69 Å². The number of hydrogen-bond acceptors (Lipinski definition) is 5. The smallest absolute Gasteiger partial charge is 0.269 e. The Kier molecular flexibility index (Phi) is 4.24. The monoisotopic (exact) mass is 393 g/mol. The molecule has 3 aromatic rings. The van der Waals surface area contributed by atoms with Gasteiger partial charge < -0.3 is 19.4 Å². The van der Waals surface area contributed by atoms with E-state index < -0.39 is 6.10 Å². The molecule has 1 N–H and O–H groups in total. The average Bonchev–Trinajstić information content (AvgIpc) is 3.30. The highest BCUT2D eigenvalue weighted by Crippen LogP contribution is 2.34. The fraction of sp³-hybridized carbons (Fsp3) is 0.238. The minimum Gasteiger partial charge on any atom is -0.482 e. The number of amides is 1. The molecular formula is C21H19N3O3S. The molecule has 0 saturated carbocycles. The van der Waals surface area contributed by atoms with E-state index in [0.717, 1.165) is 28.7 Å². The van der Waals surface area contributed by atoms with Crippen LogP contribution in [0.25, 0.3) is 11.3 Å². The zero-order valence-electron chi connectivity index (χ0n) is 15.3. The van der Waals surface area contributed by atoms with Crippen molar-refractivity contribution in [3.63, 3.8) is 0 Å². The standard InChI is InChI=1S/C21H19N3O3S/c1-13-19(27-18-8-3-2-7-17(18)26-13)20(25)22-15-6-4-5-14(11-15)16-12-24-9-10-28-21(24)23-16/h2-8,11-13,19H,9-10H2,1H3,(H,22,25)/t13-,19+/m0/s1.